The maximum atomic E-state index is 12.0. The number of nitrogens with zero attached hydrogens (tertiary/aromatic N) is 1. The zero-order chi connectivity index (χ0) is 14.7. The van der Waals surface area contributed by atoms with E-state index >= 15 is 0 Å². The van der Waals surface area contributed by atoms with Crippen molar-refractivity contribution in [1.29, 1.82) is 0 Å². The van der Waals surface area contributed by atoms with E-state index in [-0.39, 0.29) is 5.91 Å². The van der Waals surface area contributed by atoms with Crippen molar-refractivity contribution < 1.29 is 9.90 Å². The van der Waals surface area contributed by atoms with E-state index in [4.69, 9.17) is 0 Å². The average molecular weight is 275 g/mol. The van der Waals surface area contributed by atoms with Crippen LogP contribution in [-0.2, 0) is 11.2 Å². The van der Waals surface area contributed by atoms with Crippen molar-refractivity contribution in [2.24, 2.45) is 11.8 Å². The van der Waals surface area contributed by atoms with Gasteiger partial charge in [0.2, 0.25) is 5.91 Å². The molecule has 3 heteroatoms. The Bertz CT molecular complexity index is 453. The lowest BCUT2D eigenvalue weighted by Crippen LogP contribution is -2.30. The molecular weight excluding hydrogens is 250 g/mol. The fraction of sp³-hybridized carbons (Fsp3) is 0.588. The predicted octanol–water partition coefficient (Wildman–Crippen LogP) is 2.79. The molecule has 0 saturated carbocycles. The Labute approximate surface area is 121 Å². The molecule has 2 atom stereocenters. The summed E-state index contributed by atoms with van der Waals surface area (Å²) < 4.78 is 0. The molecule has 110 valence electrons. The molecule has 1 aliphatic rings. The minimum atomic E-state index is -0.587. The monoisotopic (exact) mass is 275 g/mol. The SMILES string of the molecule is CCc1ccc(C(O)CN2CC(C(C)C)CC2=O)cc1. The Balaban J connectivity index is 1.97. The molecule has 0 spiro atoms. The van der Waals surface area contributed by atoms with Crippen molar-refractivity contribution in [1.82, 2.24) is 4.90 Å². The molecule has 3 nitrogen and oxygen atoms in total. The van der Waals surface area contributed by atoms with Crippen LogP contribution in [0.2, 0.25) is 0 Å². The predicted molar refractivity (Wildman–Crippen MR) is 80.3 cm³/mol. The molecule has 1 saturated heterocycles. The number of carbonyl (C=O) groups is 1. The van der Waals surface area contributed by atoms with Crippen LogP contribution in [0.15, 0.2) is 24.3 Å². The van der Waals surface area contributed by atoms with E-state index in [1.54, 1.807) is 0 Å². The zero-order valence-corrected chi connectivity index (χ0v) is 12.7. The van der Waals surface area contributed by atoms with Gasteiger partial charge >= 0.3 is 0 Å². The summed E-state index contributed by atoms with van der Waals surface area (Å²) in [6.07, 6.45) is 1.03. The van der Waals surface area contributed by atoms with Crippen LogP contribution in [0, 0.1) is 11.8 Å². The van der Waals surface area contributed by atoms with Crippen molar-refractivity contribution in [3.63, 3.8) is 0 Å². The fourth-order valence-electron chi connectivity index (χ4n) is 2.72. The molecule has 1 aliphatic heterocycles. The summed E-state index contributed by atoms with van der Waals surface area (Å²) in [6, 6.07) is 8.01. The van der Waals surface area contributed by atoms with E-state index in [9.17, 15) is 9.90 Å². The molecule has 0 aromatic heterocycles. The highest BCUT2D eigenvalue weighted by Crippen LogP contribution is 2.26. The number of likely N-dealkylation sites (tertiary alicyclic amines) is 1. The highest BCUT2D eigenvalue weighted by molar-refractivity contribution is 5.78. The normalized spacial score (nSPS) is 20.8. The first-order valence-electron chi connectivity index (χ1n) is 7.56. The van der Waals surface area contributed by atoms with Gasteiger partial charge in [-0.25, -0.2) is 0 Å². The minimum absolute atomic E-state index is 0.174. The summed E-state index contributed by atoms with van der Waals surface area (Å²) in [5.41, 5.74) is 2.15. The fourth-order valence-corrected chi connectivity index (χ4v) is 2.72. The first-order valence-corrected chi connectivity index (χ1v) is 7.56. The third kappa shape index (κ3) is 3.40. The van der Waals surface area contributed by atoms with E-state index < -0.39 is 6.10 Å². The van der Waals surface area contributed by atoms with E-state index in [2.05, 4.69) is 20.8 Å². The van der Waals surface area contributed by atoms with Crippen molar-refractivity contribution >= 4 is 5.91 Å². The summed E-state index contributed by atoms with van der Waals surface area (Å²) in [7, 11) is 0. The van der Waals surface area contributed by atoms with Crippen LogP contribution in [-0.4, -0.2) is 29.0 Å². The highest BCUT2D eigenvalue weighted by atomic mass is 16.3. The first-order chi connectivity index (χ1) is 9.51. The third-order valence-corrected chi connectivity index (χ3v) is 4.35. The molecule has 0 bridgehead atoms. The molecule has 1 N–H and O–H groups in total. The molecule has 1 aromatic rings. The van der Waals surface area contributed by atoms with Crippen LogP contribution < -0.4 is 0 Å². The van der Waals surface area contributed by atoms with Gasteiger partial charge < -0.3 is 10.0 Å². The van der Waals surface area contributed by atoms with E-state index in [0.29, 0.717) is 24.8 Å². The molecule has 20 heavy (non-hydrogen) atoms. The number of carbonyl (C=O) groups excluding carboxylic acids is 1. The highest BCUT2D eigenvalue weighted by Gasteiger charge is 2.32. The summed E-state index contributed by atoms with van der Waals surface area (Å²) in [4.78, 5) is 13.8. The summed E-state index contributed by atoms with van der Waals surface area (Å²) >= 11 is 0. The zero-order valence-electron chi connectivity index (χ0n) is 12.7. The van der Waals surface area contributed by atoms with Gasteiger partial charge in [-0.2, -0.15) is 0 Å². The largest absolute Gasteiger partial charge is 0.387 e. The summed E-state index contributed by atoms with van der Waals surface area (Å²) in [5.74, 6) is 1.12. The summed E-state index contributed by atoms with van der Waals surface area (Å²) in [6.45, 7) is 7.61. The Morgan fingerprint density at radius 2 is 1.95 bits per heavy atom. The number of aliphatic hydroxyl groups excluding tert-OH is 1. The van der Waals surface area contributed by atoms with Gasteiger partial charge in [0.25, 0.3) is 0 Å². The average Bonchev–Trinajstić information content (AvgIpc) is 2.80. The molecule has 0 radical (unpaired) electrons. The lowest BCUT2D eigenvalue weighted by Gasteiger charge is -2.21. The van der Waals surface area contributed by atoms with E-state index in [1.807, 2.05) is 29.2 Å². The lowest BCUT2D eigenvalue weighted by atomic mass is 9.95. The number of hydrogen-bond donors (Lipinski definition) is 1. The number of rotatable bonds is 5. The number of β-amino-alcohol motifs (C(OH)–C–C–N with tert-alkyl or cyclic N) is 1. The molecule has 1 amide bonds. The standard InChI is InChI=1S/C17H25NO2/c1-4-13-5-7-14(8-6-13)16(19)11-18-10-15(12(2)3)9-17(18)20/h5-8,12,15-16,19H,4,9-11H2,1-3H3. The minimum Gasteiger partial charge on any atom is -0.387 e. The molecule has 2 rings (SSSR count). The van der Waals surface area contributed by atoms with Crippen molar-refractivity contribution in [2.45, 2.75) is 39.7 Å². The van der Waals surface area contributed by atoms with Crippen LogP contribution in [0.3, 0.4) is 0 Å². The second-order valence-corrected chi connectivity index (χ2v) is 6.12. The number of benzene rings is 1. The third-order valence-electron chi connectivity index (χ3n) is 4.35. The van der Waals surface area contributed by atoms with Gasteiger partial charge in [-0.3, -0.25) is 4.79 Å². The Kier molecular flexibility index (Phi) is 4.81. The topological polar surface area (TPSA) is 40.5 Å². The van der Waals surface area contributed by atoms with Gasteiger partial charge in [-0.15, -0.1) is 0 Å². The number of amides is 1. The quantitative estimate of drug-likeness (QED) is 0.897. The second-order valence-electron chi connectivity index (χ2n) is 6.12. The Hall–Kier alpha value is -1.35. The van der Waals surface area contributed by atoms with Crippen LogP contribution in [0.4, 0.5) is 0 Å². The van der Waals surface area contributed by atoms with Gasteiger partial charge in [0.05, 0.1) is 12.6 Å². The van der Waals surface area contributed by atoms with E-state index in [1.165, 1.54) is 5.56 Å². The van der Waals surface area contributed by atoms with Crippen molar-refractivity contribution in [2.75, 3.05) is 13.1 Å². The molecule has 2 unspecified atom stereocenters. The molecule has 0 aliphatic carbocycles. The summed E-state index contributed by atoms with van der Waals surface area (Å²) in [5, 5.41) is 10.3. The Morgan fingerprint density at radius 1 is 1.30 bits per heavy atom. The van der Waals surface area contributed by atoms with Crippen LogP contribution in [0.25, 0.3) is 0 Å². The van der Waals surface area contributed by atoms with Crippen LogP contribution >= 0.6 is 0 Å². The van der Waals surface area contributed by atoms with Gasteiger partial charge in [0.15, 0.2) is 0 Å². The maximum absolute atomic E-state index is 12.0. The number of hydrogen-bond acceptors (Lipinski definition) is 2. The number of aryl methyl sites for hydroxylation is 1. The lowest BCUT2D eigenvalue weighted by molar-refractivity contribution is -0.129. The molecule has 1 heterocycles. The molecule has 1 fully saturated rings. The molecular formula is C17H25NO2. The van der Waals surface area contributed by atoms with Gasteiger partial charge in [-0.1, -0.05) is 45.0 Å². The van der Waals surface area contributed by atoms with Crippen LogP contribution in [0.1, 0.15) is 44.4 Å². The number of aliphatic hydroxyl groups is 1. The first kappa shape index (κ1) is 15.0. The maximum Gasteiger partial charge on any atom is 0.223 e. The molecule has 1 aromatic carbocycles. The Morgan fingerprint density at radius 3 is 2.45 bits per heavy atom. The van der Waals surface area contributed by atoms with Crippen molar-refractivity contribution in [3.8, 4) is 0 Å². The van der Waals surface area contributed by atoms with E-state index in [0.717, 1.165) is 18.5 Å². The van der Waals surface area contributed by atoms with Gasteiger partial charge in [0.1, 0.15) is 0 Å². The second kappa shape index (κ2) is 6.40. The smallest absolute Gasteiger partial charge is 0.223 e. The van der Waals surface area contributed by atoms with Crippen molar-refractivity contribution in [3.05, 3.63) is 35.4 Å². The van der Waals surface area contributed by atoms with Crippen LogP contribution in [0.5, 0.6) is 0 Å². The van der Waals surface area contributed by atoms with Gasteiger partial charge in [0, 0.05) is 13.0 Å². The van der Waals surface area contributed by atoms with Gasteiger partial charge in [-0.05, 0) is 29.4 Å².